The number of aliphatic hydroxyl groups excluding tert-OH is 1. The van der Waals surface area contributed by atoms with E-state index >= 15 is 0 Å². The van der Waals surface area contributed by atoms with Gasteiger partial charge in [-0.05, 0) is 56.6 Å². The molecule has 0 bridgehead atoms. The third-order valence-corrected chi connectivity index (χ3v) is 9.53. The number of nitrogens with one attached hydrogen (secondary N) is 1. The van der Waals surface area contributed by atoms with Gasteiger partial charge in [0.15, 0.2) is 0 Å². The van der Waals surface area contributed by atoms with Gasteiger partial charge in [-0.3, -0.25) is 9.69 Å². The number of halogens is 2. The molecule has 2 aliphatic carbocycles. The average Bonchev–Trinajstić information content (AvgIpc) is 3.41. The van der Waals surface area contributed by atoms with Crippen molar-refractivity contribution in [1.29, 1.82) is 0 Å². The van der Waals surface area contributed by atoms with Crippen LogP contribution in [0.4, 0.5) is 0 Å². The Bertz CT molecular complexity index is 1220. The minimum absolute atomic E-state index is 0.139. The molecule has 3 unspecified atom stereocenters. The van der Waals surface area contributed by atoms with Crippen molar-refractivity contribution in [1.82, 2.24) is 15.1 Å². The lowest BCUT2D eigenvalue weighted by atomic mass is 9.79. The van der Waals surface area contributed by atoms with Crippen LogP contribution >= 0.6 is 23.2 Å². The zero-order valence-electron chi connectivity index (χ0n) is 21.7. The van der Waals surface area contributed by atoms with Crippen LogP contribution in [0.1, 0.15) is 50.5 Å². The highest BCUT2D eigenvalue weighted by atomic mass is 35.5. The molecule has 5 rings (SSSR count). The Kier molecular flexibility index (Phi) is 7.97. The average molecular weight is 578 g/mol. The van der Waals surface area contributed by atoms with Crippen molar-refractivity contribution in [3.63, 3.8) is 0 Å². The van der Waals surface area contributed by atoms with Crippen molar-refractivity contribution in [2.75, 3.05) is 26.2 Å². The summed E-state index contributed by atoms with van der Waals surface area (Å²) >= 11 is 12.8. The van der Waals surface area contributed by atoms with Gasteiger partial charge in [-0.25, -0.2) is 9.59 Å². The number of piperazine rings is 1. The molecule has 1 saturated heterocycles. The molecule has 11 heteroatoms. The number of aliphatic carboxylic acids is 2. The molecule has 2 saturated carbocycles. The SMILES string of the molecule is CC1=C(C(=O)O)C(c2c(Cl)cccc2Cl)C(C(=O)O)=C(CC(=O)N2CCN(C3CC4CC(O)CC4C3)CC2)N1. The van der Waals surface area contributed by atoms with Crippen molar-refractivity contribution in [2.24, 2.45) is 11.8 Å². The number of carbonyl (C=O) groups is 3. The molecule has 0 aromatic heterocycles. The van der Waals surface area contributed by atoms with Gasteiger partial charge in [0.2, 0.25) is 5.91 Å². The molecule has 0 spiro atoms. The molecule has 1 aromatic rings. The van der Waals surface area contributed by atoms with Gasteiger partial charge in [0.1, 0.15) is 0 Å². The van der Waals surface area contributed by atoms with Crippen molar-refractivity contribution in [3.8, 4) is 0 Å². The molecule has 3 fully saturated rings. The van der Waals surface area contributed by atoms with Gasteiger partial charge >= 0.3 is 11.9 Å². The van der Waals surface area contributed by atoms with E-state index in [1.54, 1.807) is 17.9 Å². The van der Waals surface area contributed by atoms with Gasteiger partial charge in [-0.2, -0.15) is 0 Å². The summed E-state index contributed by atoms with van der Waals surface area (Å²) in [6, 6.07) is 5.14. The highest BCUT2D eigenvalue weighted by Crippen LogP contribution is 2.46. The van der Waals surface area contributed by atoms with Crippen LogP contribution in [0.5, 0.6) is 0 Å². The number of carbonyl (C=O) groups excluding carboxylic acids is 1. The summed E-state index contributed by atoms with van der Waals surface area (Å²) in [6.07, 6.45) is 3.61. The standard InChI is InChI=1S/C28H33Cl2N3O6/c1-14-23(27(36)37)26(24-19(29)3-2-4-20(24)30)25(28(38)39)21(31-14)13-22(35)33-7-5-32(6-8-33)17-9-15-11-18(34)12-16(15)10-17/h2-4,15-18,26,31,34H,5-13H2,1H3,(H,36,37)(H,38,39). The van der Waals surface area contributed by atoms with Gasteiger partial charge < -0.3 is 25.5 Å². The predicted molar refractivity (Wildman–Crippen MR) is 145 cm³/mol. The number of carboxylic acid groups (broad SMARTS) is 2. The number of hydrogen-bond acceptors (Lipinski definition) is 6. The number of benzene rings is 1. The first-order chi connectivity index (χ1) is 18.5. The van der Waals surface area contributed by atoms with Crippen LogP contribution in [0, 0.1) is 11.8 Å². The topological polar surface area (TPSA) is 130 Å². The molecule has 4 N–H and O–H groups in total. The number of allylic oxidation sites excluding steroid dienone is 1. The third kappa shape index (κ3) is 5.42. The Balaban J connectivity index is 1.33. The maximum absolute atomic E-state index is 13.4. The summed E-state index contributed by atoms with van der Waals surface area (Å²) in [5, 5.41) is 33.3. The van der Waals surface area contributed by atoms with Crippen LogP contribution < -0.4 is 5.32 Å². The van der Waals surface area contributed by atoms with Gasteiger partial charge in [-0.15, -0.1) is 0 Å². The van der Waals surface area contributed by atoms with E-state index in [1.165, 1.54) is 12.1 Å². The number of hydrogen-bond donors (Lipinski definition) is 4. The summed E-state index contributed by atoms with van der Waals surface area (Å²) in [7, 11) is 0. The summed E-state index contributed by atoms with van der Waals surface area (Å²) in [4.78, 5) is 42.4. The summed E-state index contributed by atoms with van der Waals surface area (Å²) in [5.41, 5.74) is 0.128. The Morgan fingerprint density at radius 1 is 0.923 bits per heavy atom. The second-order valence-corrected chi connectivity index (χ2v) is 11.9. The summed E-state index contributed by atoms with van der Waals surface area (Å²) < 4.78 is 0. The van der Waals surface area contributed by atoms with Crippen LogP contribution in [-0.4, -0.2) is 81.3 Å². The van der Waals surface area contributed by atoms with Crippen LogP contribution in [0.2, 0.25) is 10.0 Å². The molecule has 2 heterocycles. The molecule has 9 nitrogen and oxygen atoms in total. The first-order valence-corrected chi connectivity index (χ1v) is 14.1. The van der Waals surface area contributed by atoms with E-state index in [4.69, 9.17) is 23.2 Å². The van der Waals surface area contributed by atoms with Crippen molar-refractivity contribution in [2.45, 2.75) is 57.1 Å². The Morgan fingerprint density at radius 3 is 2.03 bits per heavy atom. The third-order valence-electron chi connectivity index (χ3n) is 8.87. The molecule has 2 aliphatic heterocycles. The second kappa shape index (κ2) is 11.1. The van der Waals surface area contributed by atoms with Gasteiger partial charge in [-0.1, -0.05) is 29.3 Å². The first-order valence-electron chi connectivity index (χ1n) is 13.4. The molecule has 210 valence electrons. The first kappa shape index (κ1) is 28.0. The summed E-state index contributed by atoms with van der Waals surface area (Å²) in [5.74, 6) is -2.93. The van der Waals surface area contributed by atoms with Gasteiger partial charge in [0.05, 0.1) is 29.6 Å². The quantitative estimate of drug-likeness (QED) is 0.404. The zero-order chi connectivity index (χ0) is 28.0. The largest absolute Gasteiger partial charge is 0.478 e. The van der Waals surface area contributed by atoms with Crippen LogP contribution in [0.15, 0.2) is 40.7 Å². The number of carboxylic acids is 2. The number of rotatable bonds is 6. The molecule has 1 aromatic carbocycles. The lowest BCUT2D eigenvalue weighted by Crippen LogP contribution is -2.52. The van der Waals surface area contributed by atoms with E-state index in [1.807, 2.05) is 0 Å². The van der Waals surface area contributed by atoms with Crippen molar-refractivity contribution < 1.29 is 29.7 Å². The van der Waals surface area contributed by atoms with Crippen molar-refractivity contribution in [3.05, 3.63) is 56.3 Å². The van der Waals surface area contributed by atoms with Crippen molar-refractivity contribution >= 4 is 41.0 Å². The molecular weight excluding hydrogens is 545 g/mol. The Hall–Kier alpha value is -2.59. The fourth-order valence-corrected chi connectivity index (χ4v) is 7.71. The van der Waals surface area contributed by atoms with Crippen LogP contribution in [0.3, 0.4) is 0 Å². The summed E-state index contributed by atoms with van der Waals surface area (Å²) in [6.45, 7) is 4.11. The minimum atomic E-state index is -1.35. The van der Waals surface area contributed by atoms with E-state index in [0.717, 1.165) is 38.8 Å². The highest BCUT2D eigenvalue weighted by Gasteiger charge is 2.44. The molecule has 3 atom stereocenters. The number of aliphatic hydroxyl groups is 1. The monoisotopic (exact) mass is 577 g/mol. The van der Waals surface area contributed by atoms with E-state index in [2.05, 4.69) is 10.2 Å². The fraction of sp³-hybridized carbons (Fsp3) is 0.536. The minimum Gasteiger partial charge on any atom is -0.478 e. The molecular formula is C28H33Cl2N3O6. The van der Waals surface area contributed by atoms with Crippen LogP contribution in [0.25, 0.3) is 0 Å². The molecule has 0 radical (unpaired) electrons. The Labute approximate surface area is 237 Å². The predicted octanol–water partition coefficient (Wildman–Crippen LogP) is 3.46. The molecule has 1 amide bonds. The smallest absolute Gasteiger partial charge is 0.334 e. The number of dihydropyridines is 1. The van der Waals surface area contributed by atoms with E-state index < -0.39 is 17.9 Å². The van der Waals surface area contributed by atoms with E-state index in [-0.39, 0.29) is 56.6 Å². The van der Waals surface area contributed by atoms with Gasteiger partial charge in [0.25, 0.3) is 0 Å². The van der Waals surface area contributed by atoms with E-state index in [0.29, 0.717) is 31.0 Å². The lowest BCUT2D eigenvalue weighted by Gasteiger charge is -2.39. The maximum atomic E-state index is 13.4. The zero-order valence-corrected chi connectivity index (χ0v) is 23.2. The van der Waals surface area contributed by atoms with E-state index in [9.17, 15) is 29.7 Å². The normalized spacial score (nSPS) is 29.4. The Morgan fingerprint density at radius 2 is 1.49 bits per heavy atom. The number of fused-ring (bicyclic) bond motifs is 1. The van der Waals surface area contributed by atoms with Gasteiger partial charge in [0, 0.05) is 59.2 Å². The molecule has 39 heavy (non-hydrogen) atoms. The van der Waals surface area contributed by atoms with Crippen LogP contribution in [-0.2, 0) is 14.4 Å². The number of amides is 1. The lowest BCUT2D eigenvalue weighted by molar-refractivity contribution is -0.133. The highest BCUT2D eigenvalue weighted by molar-refractivity contribution is 6.36. The maximum Gasteiger partial charge on any atom is 0.334 e. The number of nitrogens with zero attached hydrogens (tertiary/aromatic N) is 2. The second-order valence-electron chi connectivity index (χ2n) is 11.1. The fourth-order valence-electron chi connectivity index (χ4n) is 7.10. The molecule has 4 aliphatic rings.